The van der Waals surface area contributed by atoms with Crippen molar-refractivity contribution in [3.05, 3.63) is 121 Å². The summed E-state index contributed by atoms with van der Waals surface area (Å²) < 4.78 is 1.00. The van der Waals surface area contributed by atoms with Crippen LogP contribution in [0.5, 0.6) is 0 Å². The van der Waals surface area contributed by atoms with Crippen LogP contribution in [0.1, 0.15) is 0 Å². The van der Waals surface area contributed by atoms with Gasteiger partial charge in [0, 0.05) is 0 Å². The van der Waals surface area contributed by atoms with Crippen molar-refractivity contribution < 1.29 is 34.0 Å². The molecule has 0 spiro atoms. The summed E-state index contributed by atoms with van der Waals surface area (Å²) in [4.78, 5) is 0. The first kappa shape index (κ1) is 25.2. The molecule has 3 heteroatoms. The minimum atomic E-state index is -1.22. The van der Waals surface area contributed by atoms with E-state index in [-0.39, 0.29) is 29.6 Å². The molecule has 0 unspecified atom stereocenters. The van der Waals surface area contributed by atoms with Gasteiger partial charge in [0.1, 0.15) is 6.15 Å². The van der Waals surface area contributed by atoms with Crippen LogP contribution in [0.2, 0.25) is 0 Å². The number of nitrogens with zero attached hydrogens (tertiary/aromatic N) is 1. The van der Waals surface area contributed by atoms with Crippen molar-refractivity contribution in [1.29, 1.82) is 0 Å². The monoisotopic (exact) mass is 416 g/mol. The van der Waals surface area contributed by atoms with Gasteiger partial charge in [0.25, 0.3) is 0 Å². The largest absolute Gasteiger partial charge is 1.00 e. The molecular formula is C28H32BNNa+. The second kappa shape index (κ2) is 11.5. The number of hydrogen-bond acceptors (Lipinski definition) is 0. The average Bonchev–Trinajstić information content (AvgIpc) is 2.76. The van der Waals surface area contributed by atoms with E-state index < -0.39 is 6.15 Å². The number of hydrogen-bond donors (Lipinski definition) is 0. The molecule has 0 atom stereocenters. The molecule has 4 aromatic rings. The molecule has 31 heavy (non-hydrogen) atoms. The third kappa shape index (κ3) is 6.44. The minimum Gasteiger partial charge on any atom is -0.333 e. The van der Waals surface area contributed by atoms with Crippen LogP contribution in [0.15, 0.2) is 121 Å². The fourth-order valence-electron chi connectivity index (χ4n) is 4.12. The SMILES string of the molecule is C[N+](C)(C)C.[Na+].c1ccc([B-](c2ccccc2)(c2ccccc2)c2ccccc2)cc1. The van der Waals surface area contributed by atoms with Gasteiger partial charge in [0.05, 0.1) is 28.2 Å². The second-order valence-electron chi connectivity index (χ2n) is 9.19. The van der Waals surface area contributed by atoms with Crippen molar-refractivity contribution in [2.45, 2.75) is 0 Å². The quantitative estimate of drug-likeness (QED) is 0.334. The molecule has 0 fully saturated rings. The molecule has 0 aliphatic carbocycles. The zero-order valence-corrected chi connectivity index (χ0v) is 21.6. The summed E-state index contributed by atoms with van der Waals surface area (Å²) in [5.74, 6) is 0. The Hall–Kier alpha value is -2.10. The summed E-state index contributed by atoms with van der Waals surface area (Å²) in [6, 6.07) is 43.5. The van der Waals surface area contributed by atoms with E-state index in [4.69, 9.17) is 0 Å². The molecule has 0 aliphatic rings. The Bertz CT molecular complexity index is 845. The van der Waals surface area contributed by atoms with Crippen LogP contribution >= 0.6 is 0 Å². The fraction of sp³-hybridized carbons (Fsp3) is 0.143. The molecular weight excluding hydrogens is 384 g/mol. The van der Waals surface area contributed by atoms with Gasteiger partial charge in [-0.3, -0.25) is 0 Å². The van der Waals surface area contributed by atoms with Gasteiger partial charge in [-0.1, -0.05) is 121 Å². The van der Waals surface area contributed by atoms with Crippen LogP contribution in [0.3, 0.4) is 0 Å². The van der Waals surface area contributed by atoms with Gasteiger partial charge < -0.3 is 4.48 Å². The maximum atomic E-state index is 2.26. The van der Waals surface area contributed by atoms with Gasteiger partial charge in [-0.2, -0.15) is 21.9 Å². The summed E-state index contributed by atoms with van der Waals surface area (Å²) in [5.41, 5.74) is 5.36. The minimum absolute atomic E-state index is 0. The van der Waals surface area contributed by atoms with Crippen molar-refractivity contribution >= 4 is 28.0 Å². The Morgan fingerprint density at radius 1 is 0.387 bits per heavy atom. The van der Waals surface area contributed by atoms with E-state index in [1.54, 1.807) is 0 Å². The molecule has 0 aliphatic heterocycles. The predicted molar refractivity (Wildman–Crippen MR) is 134 cm³/mol. The topological polar surface area (TPSA) is 0 Å². The molecule has 1 nitrogen and oxygen atoms in total. The molecule has 0 aromatic heterocycles. The Kier molecular flexibility index (Phi) is 9.34. The second-order valence-corrected chi connectivity index (χ2v) is 9.19. The maximum absolute atomic E-state index is 2.26. The molecule has 0 amide bonds. The summed E-state index contributed by atoms with van der Waals surface area (Å²) >= 11 is 0. The third-order valence-electron chi connectivity index (χ3n) is 5.20. The van der Waals surface area contributed by atoms with Gasteiger partial charge in [-0.25, -0.2) is 0 Å². The first-order valence-corrected chi connectivity index (χ1v) is 10.6. The summed E-state index contributed by atoms with van der Waals surface area (Å²) in [7, 11) is 8.50. The zero-order valence-electron chi connectivity index (χ0n) is 19.6. The molecule has 0 saturated heterocycles. The van der Waals surface area contributed by atoms with Gasteiger partial charge in [0.2, 0.25) is 0 Å². The molecule has 0 bridgehead atoms. The molecule has 4 aromatic carbocycles. The van der Waals surface area contributed by atoms with Crippen LogP contribution in [0.25, 0.3) is 0 Å². The normalized spacial score (nSPS) is 11.0. The number of benzene rings is 4. The van der Waals surface area contributed by atoms with Crippen molar-refractivity contribution in [1.82, 2.24) is 0 Å². The van der Waals surface area contributed by atoms with Gasteiger partial charge >= 0.3 is 29.6 Å². The Morgan fingerprint density at radius 3 is 0.710 bits per heavy atom. The van der Waals surface area contributed by atoms with Crippen molar-refractivity contribution in [3.8, 4) is 0 Å². The molecule has 0 saturated carbocycles. The Morgan fingerprint density at radius 2 is 0.548 bits per heavy atom. The van der Waals surface area contributed by atoms with E-state index in [1.807, 2.05) is 0 Å². The molecule has 0 N–H and O–H groups in total. The smallest absolute Gasteiger partial charge is 0.333 e. The molecule has 0 heterocycles. The average molecular weight is 416 g/mol. The Balaban J connectivity index is 0.000000514. The van der Waals surface area contributed by atoms with E-state index in [2.05, 4.69) is 150 Å². The van der Waals surface area contributed by atoms with Crippen LogP contribution in [0, 0.1) is 0 Å². The molecule has 152 valence electrons. The number of quaternary nitrogens is 1. The number of rotatable bonds is 4. The van der Waals surface area contributed by atoms with E-state index in [0.717, 1.165) is 4.48 Å². The first-order chi connectivity index (χ1) is 14.4. The van der Waals surface area contributed by atoms with E-state index >= 15 is 0 Å². The van der Waals surface area contributed by atoms with E-state index in [1.165, 1.54) is 21.9 Å². The van der Waals surface area contributed by atoms with Crippen LogP contribution in [-0.2, 0) is 0 Å². The van der Waals surface area contributed by atoms with Crippen molar-refractivity contribution in [2.24, 2.45) is 0 Å². The first-order valence-electron chi connectivity index (χ1n) is 10.6. The zero-order chi connectivity index (χ0) is 21.5. The predicted octanol–water partition coefficient (Wildman–Crippen LogP) is 0.390. The molecule has 0 radical (unpaired) electrons. The van der Waals surface area contributed by atoms with Gasteiger partial charge in [-0.15, -0.1) is 0 Å². The van der Waals surface area contributed by atoms with Crippen LogP contribution in [-0.4, -0.2) is 38.8 Å². The summed E-state index contributed by atoms with van der Waals surface area (Å²) in [6.07, 6.45) is -1.22. The van der Waals surface area contributed by atoms with Gasteiger partial charge in [-0.05, 0) is 0 Å². The third-order valence-corrected chi connectivity index (χ3v) is 5.20. The van der Waals surface area contributed by atoms with Crippen LogP contribution < -0.4 is 51.4 Å². The Labute approximate surface area is 210 Å². The van der Waals surface area contributed by atoms with Crippen LogP contribution in [0.4, 0.5) is 0 Å². The maximum Gasteiger partial charge on any atom is 1.00 e. The van der Waals surface area contributed by atoms with Gasteiger partial charge in [0.15, 0.2) is 0 Å². The van der Waals surface area contributed by atoms with E-state index in [9.17, 15) is 0 Å². The van der Waals surface area contributed by atoms with E-state index in [0.29, 0.717) is 0 Å². The summed E-state index contributed by atoms with van der Waals surface area (Å²) in [5, 5.41) is 0. The van der Waals surface area contributed by atoms with Crippen molar-refractivity contribution in [3.63, 3.8) is 0 Å². The van der Waals surface area contributed by atoms with Crippen molar-refractivity contribution in [2.75, 3.05) is 28.2 Å². The standard InChI is InChI=1S/C24H20B.C4H12N.Na/c1-5-13-21(14-6-1)25(22-15-7-2-8-16-22,23-17-9-3-10-18-23)24-19-11-4-12-20-24;1-5(2,3)4;/h1-20H;1-4H3;/q-1;2*+1. The summed E-state index contributed by atoms with van der Waals surface area (Å²) in [6.45, 7) is 0. The molecule has 4 rings (SSSR count). The fourth-order valence-corrected chi connectivity index (χ4v) is 4.12.